The summed E-state index contributed by atoms with van der Waals surface area (Å²) in [7, 11) is 1.45. The molecule has 0 atom stereocenters. The Morgan fingerprint density at radius 2 is 1.81 bits per heavy atom. The zero-order valence-electron chi connectivity index (χ0n) is 10.6. The molecular formula is C12H9Br2F3N4. The van der Waals surface area contributed by atoms with Crippen LogP contribution in [0.2, 0.25) is 0 Å². The molecule has 9 heteroatoms. The summed E-state index contributed by atoms with van der Waals surface area (Å²) in [6, 6.07) is 6.14. The lowest BCUT2D eigenvalue weighted by atomic mass is 10.3. The number of hydrogen-bond acceptors (Lipinski definition) is 4. The van der Waals surface area contributed by atoms with Crippen molar-refractivity contribution in [3.05, 3.63) is 38.9 Å². The highest BCUT2D eigenvalue weighted by molar-refractivity contribution is 9.11. The second-order valence-electron chi connectivity index (χ2n) is 3.96. The quantitative estimate of drug-likeness (QED) is 0.741. The van der Waals surface area contributed by atoms with Crippen molar-refractivity contribution >= 4 is 49.3 Å². The Morgan fingerprint density at radius 3 is 2.43 bits per heavy atom. The van der Waals surface area contributed by atoms with Gasteiger partial charge in [-0.3, -0.25) is 0 Å². The fourth-order valence-corrected chi connectivity index (χ4v) is 2.21. The zero-order chi connectivity index (χ0) is 15.6. The number of anilines is 3. The summed E-state index contributed by atoms with van der Waals surface area (Å²) in [5, 5.41) is 5.34. The first-order valence-corrected chi connectivity index (χ1v) is 7.24. The lowest BCUT2D eigenvalue weighted by Gasteiger charge is -2.12. The van der Waals surface area contributed by atoms with Crippen LogP contribution >= 0.6 is 31.9 Å². The molecule has 1 aromatic heterocycles. The van der Waals surface area contributed by atoms with Crippen molar-refractivity contribution in [1.29, 1.82) is 0 Å². The molecule has 0 aliphatic heterocycles. The number of benzene rings is 1. The van der Waals surface area contributed by atoms with E-state index in [1.54, 1.807) is 18.2 Å². The van der Waals surface area contributed by atoms with Crippen LogP contribution < -0.4 is 10.6 Å². The third-order valence-electron chi connectivity index (χ3n) is 2.43. The average molecular weight is 426 g/mol. The molecule has 0 fully saturated rings. The van der Waals surface area contributed by atoms with E-state index in [1.807, 2.05) is 0 Å². The van der Waals surface area contributed by atoms with Crippen LogP contribution in [0.5, 0.6) is 0 Å². The summed E-state index contributed by atoms with van der Waals surface area (Å²) < 4.78 is 39.9. The summed E-state index contributed by atoms with van der Waals surface area (Å²) in [4.78, 5) is 7.36. The van der Waals surface area contributed by atoms with E-state index in [0.717, 1.165) is 10.5 Å². The maximum Gasteiger partial charge on any atom is 0.433 e. The van der Waals surface area contributed by atoms with Gasteiger partial charge in [-0.15, -0.1) is 0 Å². The number of alkyl halides is 3. The van der Waals surface area contributed by atoms with Gasteiger partial charge < -0.3 is 10.6 Å². The van der Waals surface area contributed by atoms with Crippen LogP contribution in [0.4, 0.5) is 30.6 Å². The van der Waals surface area contributed by atoms with E-state index in [-0.39, 0.29) is 11.8 Å². The Balaban J connectivity index is 2.42. The number of aromatic nitrogens is 2. The first-order valence-electron chi connectivity index (χ1n) is 5.65. The molecule has 0 saturated heterocycles. The number of nitrogens with one attached hydrogen (secondary N) is 2. The first kappa shape index (κ1) is 16.0. The average Bonchev–Trinajstić information content (AvgIpc) is 2.41. The number of nitrogens with zero attached hydrogens (tertiary/aromatic N) is 2. The molecule has 0 radical (unpaired) electrons. The number of hydrogen-bond donors (Lipinski definition) is 2. The lowest BCUT2D eigenvalue weighted by molar-refractivity contribution is -0.141. The van der Waals surface area contributed by atoms with Crippen molar-refractivity contribution < 1.29 is 13.2 Å². The van der Waals surface area contributed by atoms with Gasteiger partial charge in [0.15, 0.2) is 5.69 Å². The number of halogens is 5. The lowest BCUT2D eigenvalue weighted by Crippen LogP contribution is -2.12. The van der Waals surface area contributed by atoms with E-state index in [4.69, 9.17) is 0 Å². The summed E-state index contributed by atoms with van der Waals surface area (Å²) in [6.45, 7) is 0. The molecule has 0 aliphatic rings. The molecule has 2 aromatic rings. The third kappa shape index (κ3) is 4.07. The molecule has 2 rings (SSSR count). The Hall–Kier alpha value is -1.35. The minimum absolute atomic E-state index is 0.0421. The van der Waals surface area contributed by atoms with Gasteiger partial charge in [-0.2, -0.15) is 18.2 Å². The van der Waals surface area contributed by atoms with E-state index in [9.17, 15) is 13.2 Å². The molecule has 0 bridgehead atoms. The molecule has 0 saturated carbocycles. The van der Waals surface area contributed by atoms with Gasteiger partial charge in [0.1, 0.15) is 5.82 Å². The maximum atomic E-state index is 12.8. The predicted molar refractivity (Wildman–Crippen MR) is 81.7 cm³/mol. The largest absolute Gasteiger partial charge is 0.433 e. The van der Waals surface area contributed by atoms with Crippen LogP contribution in [0.3, 0.4) is 0 Å². The van der Waals surface area contributed by atoms with Crippen molar-refractivity contribution in [3.8, 4) is 0 Å². The highest BCUT2D eigenvalue weighted by Crippen LogP contribution is 2.32. The highest BCUT2D eigenvalue weighted by atomic mass is 79.9. The second-order valence-corrected chi connectivity index (χ2v) is 5.73. The monoisotopic (exact) mass is 424 g/mol. The zero-order valence-corrected chi connectivity index (χ0v) is 13.8. The summed E-state index contributed by atoms with van der Waals surface area (Å²) >= 11 is 6.62. The number of rotatable bonds is 3. The van der Waals surface area contributed by atoms with Gasteiger partial charge in [-0.05, 0) is 34.1 Å². The van der Waals surface area contributed by atoms with E-state index in [0.29, 0.717) is 10.2 Å². The molecular weight excluding hydrogens is 417 g/mol. The van der Waals surface area contributed by atoms with E-state index in [2.05, 4.69) is 52.5 Å². The predicted octanol–water partition coefficient (Wildman–Crippen LogP) is 4.81. The highest BCUT2D eigenvalue weighted by Gasteiger charge is 2.33. The van der Waals surface area contributed by atoms with Crippen LogP contribution in [0, 0.1) is 0 Å². The molecule has 0 spiro atoms. The van der Waals surface area contributed by atoms with Crippen LogP contribution in [0.1, 0.15) is 5.69 Å². The van der Waals surface area contributed by atoms with Crippen molar-refractivity contribution in [2.24, 2.45) is 0 Å². The molecule has 4 nitrogen and oxygen atoms in total. The van der Waals surface area contributed by atoms with Crippen LogP contribution in [-0.4, -0.2) is 17.0 Å². The Kier molecular flexibility index (Phi) is 4.72. The molecule has 1 heterocycles. The third-order valence-corrected chi connectivity index (χ3v) is 3.62. The van der Waals surface area contributed by atoms with Crippen molar-refractivity contribution in [1.82, 2.24) is 9.97 Å². The molecule has 0 unspecified atom stereocenters. The molecule has 21 heavy (non-hydrogen) atoms. The second kappa shape index (κ2) is 6.18. The first-order chi connectivity index (χ1) is 9.79. The van der Waals surface area contributed by atoms with Crippen LogP contribution in [0.25, 0.3) is 0 Å². The smallest absolute Gasteiger partial charge is 0.357 e. The van der Waals surface area contributed by atoms with E-state index in [1.165, 1.54) is 7.05 Å². The van der Waals surface area contributed by atoms with Gasteiger partial charge in [0, 0.05) is 22.1 Å². The summed E-state index contributed by atoms with van der Waals surface area (Å²) in [5.74, 6) is -0.0704. The minimum Gasteiger partial charge on any atom is -0.357 e. The normalized spacial score (nSPS) is 11.3. The van der Waals surface area contributed by atoms with Crippen molar-refractivity contribution in [3.63, 3.8) is 0 Å². The van der Waals surface area contributed by atoms with Gasteiger partial charge in [0.05, 0.1) is 5.69 Å². The van der Waals surface area contributed by atoms with Gasteiger partial charge in [-0.1, -0.05) is 15.9 Å². The van der Waals surface area contributed by atoms with Crippen LogP contribution in [-0.2, 0) is 6.18 Å². The van der Waals surface area contributed by atoms with Crippen molar-refractivity contribution in [2.45, 2.75) is 6.18 Å². The molecule has 1 aromatic carbocycles. The van der Waals surface area contributed by atoms with Gasteiger partial charge in [0.25, 0.3) is 0 Å². The van der Waals surface area contributed by atoms with Crippen molar-refractivity contribution in [2.75, 3.05) is 17.7 Å². The Morgan fingerprint density at radius 1 is 1.10 bits per heavy atom. The van der Waals surface area contributed by atoms with E-state index < -0.39 is 11.9 Å². The topological polar surface area (TPSA) is 49.8 Å². The minimum atomic E-state index is -4.54. The molecule has 0 aliphatic carbocycles. The Labute approximate surface area is 135 Å². The van der Waals surface area contributed by atoms with Gasteiger partial charge in [0.2, 0.25) is 5.95 Å². The maximum absolute atomic E-state index is 12.8. The fourth-order valence-electron chi connectivity index (χ4n) is 1.50. The molecule has 2 N–H and O–H groups in total. The SMILES string of the molecule is CNc1nc(Nc2cc(Br)ccc2Br)cc(C(F)(F)F)n1. The summed E-state index contributed by atoms with van der Waals surface area (Å²) in [5.41, 5.74) is -0.436. The van der Waals surface area contributed by atoms with Crippen LogP contribution in [0.15, 0.2) is 33.2 Å². The Bertz CT molecular complexity index is 661. The van der Waals surface area contributed by atoms with E-state index >= 15 is 0 Å². The molecule has 112 valence electrons. The summed E-state index contributed by atoms with van der Waals surface area (Å²) in [6.07, 6.45) is -4.54. The fraction of sp³-hybridized carbons (Fsp3) is 0.167. The van der Waals surface area contributed by atoms with Gasteiger partial charge >= 0.3 is 6.18 Å². The van der Waals surface area contributed by atoms with Gasteiger partial charge in [-0.25, -0.2) is 4.98 Å². The molecule has 0 amide bonds. The standard InChI is InChI=1S/C12H9Br2F3N4/c1-18-11-20-9(12(15,16)17)5-10(21-11)19-8-4-6(13)2-3-7(8)14/h2-5H,1H3,(H2,18,19,20,21).